The number of aliphatic hydroxyl groups is 1. The largest absolute Gasteiger partial charge is 0.467 e. The van der Waals surface area contributed by atoms with Crippen LogP contribution < -0.4 is 0 Å². The fraction of sp³-hybridized carbons (Fsp3) is 0.400. The quantitative estimate of drug-likeness (QED) is 0.864. The van der Waals surface area contributed by atoms with E-state index in [-0.39, 0.29) is 6.04 Å². The summed E-state index contributed by atoms with van der Waals surface area (Å²) in [6.45, 7) is 6.07. The van der Waals surface area contributed by atoms with Gasteiger partial charge in [-0.15, -0.1) is 0 Å². The average Bonchev–Trinajstić information content (AvgIpc) is 2.75. The van der Waals surface area contributed by atoms with Crippen LogP contribution in [0.15, 0.2) is 24.3 Å². The summed E-state index contributed by atoms with van der Waals surface area (Å²) >= 11 is 0. The van der Waals surface area contributed by atoms with E-state index in [4.69, 9.17) is 0 Å². The molecule has 1 aromatic carbocycles. The maximum absolute atomic E-state index is 11.5. The maximum Gasteiger partial charge on any atom is 0.340 e. The number of benzene rings is 1. The fourth-order valence-corrected chi connectivity index (χ4v) is 2.37. The van der Waals surface area contributed by atoms with E-state index in [0.717, 1.165) is 16.5 Å². The van der Waals surface area contributed by atoms with Crippen LogP contribution in [0.5, 0.6) is 0 Å². The van der Waals surface area contributed by atoms with Gasteiger partial charge in [-0.1, -0.05) is 12.1 Å². The van der Waals surface area contributed by atoms with Crippen LogP contribution in [0.3, 0.4) is 0 Å². The highest BCUT2D eigenvalue weighted by atomic mass is 16.5. The second-order valence-corrected chi connectivity index (χ2v) is 5.02. The first-order valence-electron chi connectivity index (χ1n) is 6.33. The molecule has 0 bridgehead atoms. The Hall–Kier alpha value is -1.81. The Balaban J connectivity index is 2.66. The lowest BCUT2D eigenvalue weighted by molar-refractivity contribution is -0.151. The van der Waals surface area contributed by atoms with Gasteiger partial charge in [-0.25, -0.2) is 4.79 Å². The zero-order valence-corrected chi connectivity index (χ0v) is 11.7. The second-order valence-electron chi connectivity index (χ2n) is 5.02. The van der Waals surface area contributed by atoms with E-state index in [1.165, 1.54) is 7.11 Å². The SMILES string of the molecule is COC(=O)C(O)c1cc2ccc(C)cc2n1C(C)C. The van der Waals surface area contributed by atoms with Gasteiger partial charge in [0, 0.05) is 16.9 Å². The molecule has 1 heterocycles. The Morgan fingerprint density at radius 3 is 2.58 bits per heavy atom. The van der Waals surface area contributed by atoms with E-state index in [0.29, 0.717) is 5.69 Å². The number of methoxy groups -OCH3 is 1. The molecule has 102 valence electrons. The van der Waals surface area contributed by atoms with Crippen LogP contribution in [0.1, 0.15) is 37.3 Å². The summed E-state index contributed by atoms with van der Waals surface area (Å²) in [5.41, 5.74) is 2.74. The van der Waals surface area contributed by atoms with Crippen LogP contribution in [0.2, 0.25) is 0 Å². The molecule has 2 aromatic rings. The molecule has 0 saturated carbocycles. The number of aryl methyl sites for hydroxylation is 1. The van der Waals surface area contributed by atoms with E-state index < -0.39 is 12.1 Å². The first-order valence-corrected chi connectivity index (χ1v) is 6.33. The smallest absolute Gasteiger partial charge is 0.340 e. The monoisotopic (exact) mass is 261 g/mol. The molecule has 4 nitrogen and oxygen atoms in total. The van der Waals surface area contributed by atoms with Crippen molar-refractivity contribution in [2.24, 2.45) is 0 Å². The van der Waals surface area contributed by atoms with Gasteiger partial charge in [0.05, 0.1) is 12.8 Å². The van der Waals surface area contributed by atoms with E-state index in [1.54, 1.807) is 0 Å². The van der Waals surface area contributed by atoms with Gasteiger partial charge in [0.25, 0.3) is 0 Å². The van der Waals surface area contributed by atoms with Crippen LogP contribution in [-0.4, -0.2) is 22.8 Å². The summed E-state index contributed by atoms with van der Waals surface area (Å²) in [4.78, 5) is 11.5. The molecule has 0 fully saturated rings. The van der Waals surface area contributed by atoms with Crippen LogP contribution >= 0.6 is 0 Å². The van der Waals surface area contributed by atoms with Crippen molar-refractivity contribution in [3.63, 3.8) is 0 Å². The zero-order valence-electron chi connectivity index (χ0n) is 11.7. The normalized spacial score (nSPS) is 12.9. The van der Waals surface area contributed by atoms with Crippen molar-refractivity contribution in [2.45, 2.75) is 32.9 Å². The number of esters is 1. The summed E-state index contributed by atoms with van der Waals surface area (Å²) in [6, 6.07) is 8.06. The van der Waals surface area contributed by atoms with Crippen LogP contribution in [0.4, 0.5) is 0 Å². The summed E-state index contributed by atoms with van der Waals surface area (Å²) in [7, 11) is 1.28. The Labute approximate surface area is 112 Å². The van der Waals surface area contributed by atoms with E-state index in [9.17, 15) is 9.90 Å². The van der Waals surface area contributed by atoms with Gasteiger partial charge < -0.3 is 14.4 Å². The highest BCUT2D eigenvalue weighted by Crippen LogP contribution is 2.29. The average molecular weight is 261 g/mol. The van der Waals surface area contributed by atoms with Crippen LogP contribution in [0.25, 0.3) is 10.9 Å². The van der Waals surface area contributed by atoms with E-state index in [1.807, 2.05) is 43.5 Å². The lowest BCUT2D eigenvalue weighted by atomic mass is 10.2. The number of nitrogens with zero attached hydrogens (tertiary/aromatic N) is 1. The number of hydrogen-bond acceptors (Lipinski definition) is 3. The van der Waals surface area contributed by atoms with Crippen molar-refractivity contribution in [1.82, 2.24) is 4.57 Å². The molecule has 1 N–H and O–H groups in total. The molecule has 0 aliphatic carbocycles. The van der Waals surface area contributed by atoms with Gasteiger partial charge in [-0.05, 0) is 38.5 Å². The summed E-state index contributed by atoms with van der Waals surface area (Å²) < 4.78 is 6.59. The number of hydrogen-bond donors (Lipinski definition) is 1. The minimum absolute atomic E-state index is 0.147. The molecule has 19 heavy (non-hydrogen) atoms. The highest BCUT2D eigenvalue weighted by Gasteiger charge is 2.24. The number of aliphatic hydroxyl groups excluding tert-OH is 1. The summed E-state index contributed by atoms with van der Waals surface area (Å²) in [6.07, 6.45) is -1.25. The number of ether oxygens (including phenoxy) is 1. The van der Waals surface area contributed by atoms with Crippen molar-refractivity contribution in [3.8, 4) is 0 Å². The van der Waals surface area contributed by atoms with Gasteiger partial charge in [-0.2, -0.15) is 0 Å². The topological polar surface area (TPSA) is 51.5 Å². The Morgan fingerprint density at radius 2 is 2.00 bits per heavy atom. The molecular weight excluding hydrogens is 242 g/mol. The zero-order chi connectivity index (χ0) is 14.2. The number of carbonyl (C=O) groups is 1. The van der Waals surface area contributed by atoms with Crippen LogP contribution in [-0.2, 0) is 9.53 Å². The summed E-state index contributed by atoms with van der Waals surface area (Å²) in [5.74, 6) is -0.638. The van der Waals surface area contributed by atoms with E-state index in [2.05, 4.69) is 10.8 Å². The first kappa shape index (κ1) is 13.6. The third kappa shape index (κ3) is 2.36. The van der Waals surface area contributed by atoms with Gasteiger partial charge in [0.2, 0.25) is 0 Å². The predicted octanol–water partition coefficient (Wildman–Crippen LogP) is 2.74. The predicted molar refractivity (Wildman–Crippen MR) is 74.0 cm³/mol. The van der Waals surface area contributed by atoms with Gasteiger partial charge in [-0.3, -0.25) is 0 Å². The molecule has 0 radical (unpaired) electrons. The van der Waals surface area contributed by atoms with Gasteiger partial charge in [0.15, 0.2) is 6.10 Å². The molecule has 4 heteroatoms. The molecule has 1 unspecified atom stereocenters. The second kappa shape index (κ2) is 5.05. The minimum Gasteiger partial charge on any atom is -0.467 e. The molecule has 0 aliphatic heterocycles. The number of rotatable bonds is 3. The highest BCUT2D eigenvalue weighted by molar-refractivity contribution is 5.85. The molecule has 1 atom stereocenters. The number of fused-ring (bicyclic) bond motifs is 1. The van der Waals surface area contributed by atoms with Crippen molar-refractivity contribution in [2.75, 3.05) is 7.11 Å². The lowest BCUT2D eigenvalue weighted by Gasteiger charge is -2.17. The Morgan fingerprint density at radius 1 is 1.32 bits per heavy atom. The molecular formula is C15H19NO3. The maximum atomic E-state index is 11.5. The molecule has 0 aliphatic rings. The summed E-state index contributed by atoms with van der Waals surface area (Å²) in [5, 5.41) is 11.1. The van der Waals surface area contributed by atoms with Gasteiger partial charge in [0.1, 0.15) is 0 Å². The molecule has 1 aromatic heterocycles. The van der Waals surface area contributed by atoms with Crippen molar-refractivity contribution < 1.29 is 14.6 Å². The molecule has 0 spiro atoms. The molecule has 0 saturated heterocycles. The van der Waals surface area contributed by atoms with Crippen molar-refractivity contribution in [3.05, 3.63) is 35.5 Å². The fourth-order valence-electron chi connectivity index (χ4n) is 2.37. The third-order valence-electron chi connectivity index (χ3n) is 3.25. The number of carbonyl (C=O) groups excluding carboxylic acids is 1. The first-order chi connectivity index (χ1) is 8.95. The van der Waals surface area contributed by atoms with Gasteiger partial charge >= 0.3 is 5.97 Å². The molecule has 0 amide bonds. The lowest BCUT2D eigenvalue weighted by Crippen LogP contribution is -2.18. The minimum atomic E-state index is -1.25. The van der Waals surface area contributed by atoms with Crippen LogP contribution in [0, 0.1) is 6.92 Å². The van der Waals surface area contributed by atoms with Crippen molar-refractivity contribution in [1.29, 1.82) is 0 Å². The third-order valence-corrected chi connectivity index (χ3v) is 3.25. The number of aromatic nitrogens is 1. The standard InChI is InChI=1S/C15H19NO3/c1-9(2)16-12-7-10(3)5-6-11(12)8-13(16)14(17)15(18)19-4/h5-9,14,17H,1-4H3. The van der Waals surface area contributed by atoms with E-state index >= 15 is 0 Å². The Kier molecular flexibility index (Phi) is 3.62. The van der Waals surface area contributed by atoms with Crippen molar-refractivity contribution >= 4 is 16.9 Å². The Bertz CT molecular complexity index is 613. The molecule has 2 rings (SSSR count).